The average molecular weight is 237 g/mol. The number of carbonyl (C=O) groups excluding carboxylic acids is 3. The van der Waals surface area contributed by atoms with Crippen molar-refractivity contribution < 1.29 is 14.4 Å². The molecular weight excluding hydrogens is 222 g/mol. The van der Waals surface area contributed by atoms with Crippen molar-refractivity contribution in [2.24, 2.45) is 0 Å². The summed E-state index contributed by atoms with van der Waals surface area (Å²) in [5.41, 5.74) is 0. The summed E-state index contributed by atoms with van der Waals surface area (Å²) in [4.78, 5) is 39.5. The molecule has 0 aromatic rings. The molecule has 0 bridgehead atoms. The van der Waals surface area contributed by atoms with Gasteiger partial charge in [-0.1, -0.05) is 6.08 Å². The molecule has 17 heavy (non-hydrogen) atoms. The van der Waals surface area contributed by atoms with Crippen molar-refractivity contribution in [2.75, 3.05) is 26.2 Å². The van der Waals surface area contributed by atoms with Gasteiger partial charge in [0.15, 0.2) is 0 Å². The van der Waals surface area contributed by atoms with Crippen LogP contribution in [-0.4, -0.2) is 64.8 Å². The van der Waals surface area contributed by atoms with Gasteiger partial charge < -0.3 is 9.80 Å². The van der Waals surface area contributed by atoms with Gasteiger partial charge in [0.05, 0.1) is 6.54 Å². The molecule has 0 unspecified atom stereocenters. The smallest absolute Gasteiger partial charge is 0.327 e. The number of imide groups is 1. The van der Waals surface area contributed by atoms with Gasteiger partial charge in [0.25, 0.3) is 5.91 Å². The number of fused-ring (bicyclic) bond motifs is 1. The van der Waals surface area contributed by atoms with Gasteiger partial charge in [-0.15, -0.1) is 6.58 Å². The van der Waals surface area contributed by atoms with Crippen molar-refractivity contribution in [1.82, 2.24) is 14.7 Å². The number of urea groups is 1. The van der Waals surface area contributed by atoms with E-state index in [0.29, 0.717) is 19.6 Å². The molecule has 4 amide bonds. The molecule has 0 aliphatic carbocycles. The fourth-order valence-corrected chi connectivity index (χ4v) is 2.24. The third-order valence-electron chi connectivity index (χ3n) is 3.17. The Morgan fingerprint density at radius 2 is 2.18 bits per heavy atom. The Balaban J connectivity index is 2.17. The molecule has 6 nitrogen and oxygen atoms in total. The van der Waals surface area contributed by atoms with Crippen LogP contribution in [0.3, 0.4) is 0 Å². The Morgan fingerprint density at radius 3 is 2.76 bits per heavy atom. The summed E-state index contributed by atoms with van der Waals surface area (Å²) in [6.07, 6.45) is 1.52. The van der Waals surface area contributed by atoms with E-state index in [1.807, 2.05) is 0 Å². The predicted octanol–water partition coefficient (Wildman–Crippen LogP) is -0.333. The Labute approximate surface area is 99.5 Å². The van der Waals surface area contributed by atoms with Crippen LogP contribution in [0.15, 0.2) is 12.7 Å². The van der Waals surface area contributed by atoms with Crippen LogP contribution in [0, 0.1) is 0 Å². The zero-order valence-corrected chi connectivity index (χ0v) is 9.76. The van der Waals surface area contributed by atoms with E-state index in [-0.39, 0.29) is 24.4 Å². The minimum Gasteiger partial charge on any atom is -0.339 e. The molecule has 6 heteroatoms. The van der Waals surface area contributed by atoms with E-state index in [9.17, 15) is 14.4 Å². The average Bonchev–Trinajstić information content (AvgIpc) is 2.54. The van der Waals surface area contributed by atoms with Crippen molar-refractivity contribution >= 4 is 17.8 Å². The summed E-state index contributed by atoms with van der Waals surface area (Å²) in [6, 6.07) is -0.789. The molecular formula is C11H15N3O3. The monoisotopic (exact) mass is 237 g/mol. The summed E-state index contributed by atoms with van der Waals surface area (Å²) in [5, 5.41) is 0. The van der Waals surface area contributed by atoms with Gasteiger partial charge in [-0.3, -0.25) is 14.5 Å². The topological polar surface area (TPSA) is 60.9 Å². The largest absolute Gasteiger partial charge is 0.339 e. The molecule has 2 fully saturated rings. The summed E-state index contributed by atoms with van der Waals surface area (Å²) >= 11 is 0. The van der Waals surface area contributed by atoms with Crippen LogP contribution >= 0.6 is 0 Å². The van der Waals surface area contributed by atoms with Gasteiger partial charge in [0.2, 0.25) is 5.91 Å². The highest BCUT2D eigenvalue weighted by molar-refractivity contribution is 6.04. The summed E-state index contributed by atoms with van der Waals surface area (Å²) in [7, 11) is 0. The number of hydrogen-bond donors (Lipinski definition) is 0. The van der Waals surface area contributed by atoms with Crippen LogP contribution in [0.1, 0.15) is 6.92 Å². The first kappa shape index (κ1) is 11.6. The lowest BCUT2D eigenvalue weighted by Crippen LogP contribution is -2.54. The lowest BCUT2D eigenvalue weighted by Gasteiger charge is -2.34. The van der Waals surface area contributed by atoms with Crippen LogP contribution in [0.4, 0.5) is 4.79 Å². The molecule has 0 aromatic carbocycles. The van der Waals surface area contributed by atoms with E-state index in [1.165, 1.54) is 22.8 Å². The van der Waals surface area contributed by atoms with E-state index in [4.69, 9.17) is 0 Å². The fourth-order valence-electron chi connectivity index (χ4n) is 2.24. The molecule has 0 spiro atoms. The van der Waals surface area contributed by atoms with E-state index >= 15 is 0 Å². The van der Waals surface area contributed by atoms with Gasteiger partial charge in [-0.2, -0.15) is 0 Å². The van der Waals surface area contributed by atoms with Crippen LogP contribution in [-0.2, 0) is 9.59 Å². The quantitative estimate of drug-likeness (QED) is 0.488. The number of nitrogens with zero attached hydrogens (tertiary/aromatic N) is 3. The first-order chi connectivity index (χ1) is 8.06. The number of amides is 4. The third-order valence-corrected chi connectivity index (χ3v) is 3.17. The van der Waals surface area contributed by atoms with Crippen LogP contribution in [0.2, 0.25) is 0 Å². The summed E-state index contributed by atoms with van der Waals surface area (Å²) in [6.45, 7) is 6.43. The molecule has 92 valence electrons. The second-order valence-corrected chi connectivity index (χ2v) is 4.19. The highest BCUT2D eigenvalue weighted by Gasteiger charge is 2.47. The van der Waals surface area contributed by atoms with Crippen molar-refractivity contribution in [1.29, 1.82) is 0 Å². The Morgan fingerprint density at radius 1 is 1.47 bits per heavy atom. The number of rotatable bonds is 2. The van der Waals surface area contributed by atoms with Gasteiger partial charge in [0.1, 0.15) is 6.04 Å². The van der Waals surface area contributed by atoms with Crippen LogP contribution in [0.25, 0.3) is 0 Å². The lowest BCUT2D eigenvalue weighted by atomic mass is 10.2. The first-order valence-corrected chi connectivity index (χ1v) is 5.54. The van der Waals surface area contributed by atoms with E-state index in [1.54, 1.807) is 4.90 Å². The normalized spacial score (nSPS) is 24.1. The second kappa shape index (κ2) is 4.20. The lowest BCUT2D eigenvalue weighted by molar-refractivity contribution is -0.134. The summed E-state index contributed by atoms with van der Waals surface area (Å²) in [5.74, 6) is -0.298. The minimum absolute atomic E-state index is 0.0629. The first-order valence-electron chi connectivity index (χ1n) is 5.54. The van der Waals surface area contributed by atoms with Gasteiger partial charge in [-0.25, -0.2) is 4.79 Å². The number of piperazine rings is 1. The highest BCUT2D eigenvalue weighted by Crippen LogP contribution is 2.21. The molecule has 2 saturated heterocycles. The molecule has 2 aliphatic rings. The van der Waals surface area contributed by atoms with Crippen molar-refractivity contribution in [3.05, 3.63) is 12.7 Å². The van der Waals surface area contributed by atoms with Crippen molar-refractivity contribution in [3.63, 3.8) is 0 Å². The maximum absolute atomic E-state index is 12.0. The molecule has 0 saturated carbocycles. The SMILES string of the molecule is C=CCN1C(=O)[C@@H]2CN(C(C)=O)CCN2C1=O. The van der Waals surface area contributed by atoms with Gasteiger partial charge >= 0.3 is 6.03 Å². The zero-order chi connectivity index (χ0) is 12.6. The highest BCUT2D eigenvalue weighted by atomic mass is 16.2. The van der Waals surface area contributed by atoms with Gasteiger partial charge in [-0.05, 0) is 0 Å². The maximum Gasteiger partial charge on any atom is 0.327 e. The standard InChI is InChI=1S/C11H15N3O3/c1-3-4-14-10(16)9-7-12(8(2)15)5-6-13(9)11(14)17/h3,9H,1,4-7H2,2H3/t9-/m0/s1. The molecule has 2 heterocycles. The molecule has 2 aliphatic heterocycles. The third kappa shape index (κ3) is 1.79. The molecule has 0 radical (unpaired) electrons. The van der Waals surface area contributed by atoms with Crippen molar-refractivity contribution in [2.45, 2.75) is 13.0 Å². The molecule has 0 aromatic heterocycles. The van der Waals surface area contributed by atoms with Crippen molar-refractivity contribution in [3.8, 4) is 0 Å². The van der Waals surface area contributed by atoms with E-state index in [0.717, 1.165) is 0 Å². The molecule has 0 N–H and O–H groups in total. The van der Waals surface area contributed by atoms with E-state index < -0.39 is 6.04 Å². The Kier molecular flexibility index (Phi) is 2.87. The van der Waals surface area contributed by atoms with Crippen LogP contribution in [0.5, 0.6) is 0 Å². The molecule has 2 rings (SSSR count). The minimum atomic E-state index is -0.514. The zero-order valence-electron chi connectivity index (χ0n) is 9.76. The van der Waals surface area contributed by atoms with Crippen LogP contribution < -0.4 is 0 Å². The van der Waals surface area contributed by atoms with E-state index in [2.05, 4.69) is 6.58 Å². The number of carbonyl (C=O) groups is 3. The predicted molar refractivity (Wildman–Crippen MR) is 60.1 cm³/mol. The maximum atomic E-state index is 12.0. The number of hydrogen-bond acceptors (Lipinski definition) is 3. The fraction of sp³-hybridized carbons (Fsp3) is 0.545. The van der Waals surface area contributed by atoms with Gasteiger partial charge in [0, 0.05) is 26.6 Å². The Hall–Kier alpha value is -1.85. The second-order valence-electron chi connectivity index (χ2n) is 4.19. The Bertz CT molecular complexity index is 393. The summed E-state index contributed by atoms with van der Waals surface area (Å²) < 4.78 is 0. The molecule has 1 atom stereocenters.